The number of alkyl halides is 2. The second kappa shape index (κ2) is 7.98. The molecule has 0 aliphatic heterocycles. The third-order valence-corrected chi connectivity index (χ3v) is 4.29. The van der Waals surface area contributed by atoms with Crippen LogP contribution in [0.15, 0.2) is 71.6 Å². The number of nitrogens with one attached hydrogen (secondary N) is 2. The summed E-state index contributed by atoms with van der Waals surface area (Å²) in [7, 11) is 0. The Morgan fingerprint density at radius 3 is 2.32 bits per heavy atom. The molecule has 2 N–H and O–H groups in total. The van der Waals surface area contributed by atoms with E-state index in [0.29, 0.717) is 22.3 Å². The molecule has 0 aliphatic carbocycles. The minimum absolute atomic E-state index is 0.117. The molecule has 3 aromatic rings. The van der Waals surface area contributed by atoms with Gasteiger partial charge >= 0.3 is 0 Å². The van der Waals surface area contributed by atoms with E-state index in [-0.39, 0.29) is 12.5 Å². The van der Waals surface area contributed by atoms with E-state index >= 15 is 0 Å². The molecule has 0 aromatic heterocycles. The number of anilines is 2. The van der Waals surface area contributed by atoms with Crippen molar-refractivity contribution >= 4 is 39.8 Å². The Labute approximate surface area is 148 Å². The molecule has 0 heterocycles. The number of hydrogen-bond donors (Lipinski definition) is 2. The minimum atomic E-state index is -2.45. The van der Waals surface area contributed by atoms with Crippen LogP contribution in [0.2, 0.25) is 0 Å². The zero-order chi connectivity index (χ0) is 17.6. The predicted octanol–water partition coefficient (Wildman–Crippen LogP) is 5.21. The van der Waals surface area contributed by atoms with Gasteiger partial charge in [0.2, 0.25) is 5.91 Å². The number of hydrogen-bond acceptors (Lipinski definition) is 3. The van der Waals surface area contributed by atoms with E-state index in [2.05, 4.69) is 10.6 Å². The lowest BCUT2D eigenvalue weighted by molar-refractivity contribution is -0.114. The summed E-state index contributed by atoms with van der Waals surface area (Å²) >= 11 is 0.476. The number of halogens is 2. The summed E-state index contributed by atoms with van der Waals surface area (Å²) < 4.78 is 24.6. The fraction of sp³-hybridized carbons (Fsp3) is 0.105. The smallest absolute Gasteiger partial charge is 0.288 e. The molecule has 128 valence electrons. The second-order valence-electron chi connectivity index (χ2n) is 5.37. The summed E-state index contributed by atoms with van der Waals surface area (Å²) in [6.07, 6.45) is 0. The highest BCUT2D eigenvalue weighted by Gasteiger charge is 2.06. The van der Waals surface area contributed by atoms with Crippen molar-refractivity contribution < 1.29 is 13.6 Å². The first-order chi connectivity index (χ1) is 12.1. The van der Waals surface area contributed by atoms with Crippen molar-refractivity contribution in [1.82, 2.24) is 0 Å². The Kier molecular flexibility index (Phi) is 5.50. The number of thioether (sulfide) groups is 1. The summed E-state index contributed by atoms with van der Waals surface area (Å²) in [4.78, 5) is 12.5. The van der Waals surface area contributed by atoms with Crippen LogP contribution in [-0.4, -0.2) is 18.2 Å². The molecular formula is C19H16F2N2OS. The fourth-order valence-corrected chi connectivity index (χ4v) is 2.91. The van der Waals surface area contributed by atoms with Gasteiger partial charge in [-0.2, -0.15) is 8.78 Å². The van der Waals surface area contributed by atoms with Crippen LogP contribution >= 0.6 is 11.8 Å². The summed E-state index contributed by atoms with van der Waals surface area (Å²) in [5.74, 6) is -2.66. The first-order valence-electron chi connectivity index (χ1n) is 7.67. The minimum Gasteiger partial charge on any atom is -0.376 e. The van der Waals surface area contributed by atoms with Crippen LogP contribution in [0.3, 0.4) is 0 Å². The maximum Gasteiger partial charge on any atom is 0.288 e. The van der Waals surface area contributed by atoms with Crippen LogP contribution in [-0.2, 0) is 4.79 Å². The normalized spacial score (nSPS) is 10.8. The molecule has 3 aromatic carbocycles. The van der Waals surface area contributed by atoms with E-state index in [1.165, 1.54) is 0 Å². The third-order valence-electron chi connectivity index (χ3n) is 3.57. The molecule has 0 saturated carbocycles. The van der Waals surface area contributed by atoms with Crippen molar-refractivity contribution in [3.8, 4) is 0 Å². The SMILES string of the molecule is O=C(CNc1ccc2ccccc2c1)Nc1ccc(SC(F)F)cc1. The Morgan fingerprint density at radius 1 is 0.920 bits per heavy atom. The maximum atomic E-state index is 12.3. The highest BCUT2D eigenvalue weighted by Crippen LogP contribution is 2.26. The molecule has 0 fully saturated rings. The Morgan fingerprint density at radius 2 is 1.60 bits per heavy atom. The number of amides is 1. The van der Waals surface area contributed by atoms with Gasteiger partial charge in [0.15, 0.2) is 0 Å². The zero-order valence-corrected chi connectivity index (χ0v) is 14.0. The van der Waals surface area contributed by atoms with Gasteiger partial charge < -0.3 is 10.6 Å². The molecule has 3 nitrogen and oxygen atoms in total. The molecule has 0 spiro atoms. The lowest BCUT2D eigenvalue weighted by Crippen LogP contribution is -2.21. The number of benzene rings is 3. The molecular weight excluding hydrogens is 342 g/mol. The van der Waals surface area contributed by atoms with E-state index < -0.39 is 5.76 Å². The van der Waals surface area contributed by atoms with Crippen LogP contribution in [0.4, 0.5) is 20.2 Å². The van der Waals surface area contributed by atoms with Crippen LogP contribution in [0.5, 0.6) is 0 Å². The van der Waals surface area contributed by atoms with Gasteiger partial charge in [-0.1, -0.05) is 42.1 Å². The summed E-state index contributed by atoms with van der Waals surface area (Å²) in [5.41, 5.74) is 1.43. The van der Waals surface area contributed by atoms with E-state index in [4.69, 9.17) is 0 Å². The quantitative estimate of drug-likeness (QED) is 0.595. The molecule has 0 radical (unpaired) electrons. The first kappa shape index (κ1) is 17.2. The summed E-state index contributed by atoms with van der Waals surface area (Å²) in [6, 6.07) is 20.2. The first-order valence-corrected chi connectivity index (χ1v) is 8.55. The van der Waals surface area contributed by atoms with Gasteiger partial charge in [-0.05, 0) is 47.2 Å². The molecule has 0 bridgehead atoms. The molecule has 0 unspecified atom stereocenters. The Bertz CT molecular complexity index is 869. The third kappa shape index (κ3) is 4.93. The van der Waals surface area contributed by atoms with Gasteiger partial charge in [0.25, 0.3) is 5.76 Å². The van der Waals surface area contributed by atoms with Crippen LogP contribution in [0.1, 0.15) is 0 Å². The van der Waals surface area contributed by atoms with Crippen molar-refractivity contribution in [3.05, 3.63) is 66.7 Å². The van der Waals surface area contributed by atoms with Crippen LogP contribution in [0.25, 0.3) is 10.8 Å². The number of carbonyl (C=O) groups excluding carboxylic acids is 1. The molecule has 1 amide bonds. The molecule has 25 heavy (non-hydrogen) atoms. The van der Waals surface area contributed by atoms with Gasteiger partial charge in [0, 0.05) is 16.3 Å². The van der Waals surface area contributed by atoms with Crippen LogP contribution in [0, 0.1) is 0 Å². The highest BCUT2D eigenvalue weighted by atomic mass is 32.2. The van der Waals surface area contributed by atoms with Crippen LogP contribution < -0.4 is 10.6 Å². The number of carbonyl (C=O) groups is 1. The van der Waals surface area contributed by atoms with Crippen molar-refractivity contribution in [2.24, 2.45) is 0 Å². The number of rotatable bonds is 6. The van der Waals surface area contributed by atoms with E-state index in [9.17, 15) is 13.6 Å². The standard InChI is InChI=1S/C19H16F2N2OS/c20-19(21)25-17-9-7-15(8-10-17)23-18(24)12-22-16-6-5-13-3-1-2-4-14(13)11-16/h1-11,19,22H,12H2,(H,23,24). The van der Waals surface area contributed by atoms with Gasteiger partial charge in [0.05, 0.1) is 6.54 Å². The molecule has 0 aliphatic rings. The number of fused-ring (bicyclic) bond motifs is 1. The van der Waals surface area contributed by atoms with Gasteiger partial charge in [-0.3, -0.25) is 4.79 Å². The van der Waals surface area contributed by atoms with E-state index in [0.717, 1.165) is 16.5 Å². The predicted molar refractivity (Wildman–Crippen MR) is 99.4 cm³/mol. The lowest BCUT2D eigenvalue weighted by Gasteiger charge is -2.09. The summed E-state index contributed by atoms with van der Waals surface area (Å²) in [6.45, 7) is 0.117. The lowest BCUT2D eigenvalue weighted by atomic mass is 10.1. The average Bonchev–Trinajstić information content (AvgIpc) is 2.61. The van der Waals surface area contributed by atoms with Gasteiger partial charge in [-0.25, -0.2) is 0 Å². The Balaban J connectivity index is 1.55. The van der Waals surface area contributed by atoms with E-state index in [1.54, 1.807) is 24.3 Å². The molecule has 3 rings (SSSR count). The van der Waals surface area contributed by atoms with Crippen molar-refractivity contribution in [2.45, 2.75) is 10.7 Å². The molecule has 0 atom stereocenters. The second-order valence-corrected chi connectivity index (χ2v) is 6.43. The maximum absolute atomic E-state index is 12.3. The highest BCUT2D eigenvalue weighted by molar-refractivity contribution is 7.99. The molecule has 6 heteroatoms. The largest absolute Gasteiger partial charge is 0.376 e. The topological polar surface area (TPSA) is 41.1 Å². The van der Waals surface area contributed by atoms with E-state index in [1.807, 2.05) is 42.5 Å². The average molecular weight is 358 g/mol. The zero-order valence-electron chi connectivity index (χ0n) is 13.2. The van der Waals surface area contributed by atoms with Crippen molar-refractivity contribution in [2.75, 3.05) is 17.2 Å². The monoisotopic (exact) mass is 358 g/mol. The Hall–Kier alpha value is -2.60. The summed E-state index contributed by atoms with van der Waals surface area (Å²) in [5, 5.41) is 8.05. The van der Waals surface area contributed by atoms with Gasteiger partial charge in [-0.15, -0.1) is 0 Å². The van der Waals surface area contributed by atoms with Gasteiger partial charge in [0.1, 0.15) is 0 Å². The fourth-order valence-electron chi connectivity index (χ4n) is 2.41. The van der Waals surface area contributed by atoms with Crippen molar-refractivity contribution in [3.63, 3.8) is 0 Å². The molecule has 0 saturated heterocycles. The van der Waals surface area contributed by atoms with Crippen molar-refractivity contribution in [1.29, 1.82) is 0 Å².